The third-order valence-electron chi connectivity index (χ3n) is 3.63. The summed E-state index contributed by atoms with van der Waals surface area (Å²) in [6, 6.07) is 7.51. The van der Waals surface area contributed by atoms with E-state index in [1.54, 1.807) is 12.3 Å². The summed E-state index contributed by atoms with van der Waals surface area (Å²) in [5.74, 6) is 0.743. The van der Waals surface area contributed by atoms with Crippen molar-refractivity contribution in [1.82, 2.24) is 9.88 Å². The van der Waals surface area contributed by atoms with E-state index in [4.69, 9.17) is 9.52 Å². The molecule has 2 aromatic heterocycles. The molecule has 0 atom stereocenters. The number of hydrogen-bond donors (Lipinski definition) is 1. The molecule has 0 amide bonds. The Kier molecular flexibility index (Phi) is 3.87. The van der Waals surface area contributed by atoms with Gasteiger partial charge in [0.15, 0.2) is 0 Å². The Balaban J connectivity index is 1.55. The summed E-state index contributed by atoms with van der Waals surface area (Å²) >= 11 is 0. The number of furan rings is 1. The molecule has 1 fully saturated rings. The Hall–Kier alpha value is -2.34. The lowest BCUT2D eigenvalue weighted by atomic mass is 10.2. The molecule has 6 heteroatoms. The van der Waals surface area contributed by atoms with Gasteiger partial charge in [0, 0.05) is 32.4 Å². The summed E-state index contributed by atoms with van der Waals surface area (Å²) in [5.41, 5.74) is 0.206. The van der Waals surface area contributed by atoms with Gasteiger partial charge in [0.2, 0.25) is 0 Å². The molecule has 6 nitrogen and oxygen atoms in total. The Morgan fingerprint density at radius 3 is 2.71 bits per heavy atom. The van der Waals surface area contributed by atoms with E-state index in [9.17, 15) is 4.79 Å². The Morgan fingerprint density at radius 2 is 2.10 bits per heavy atom. The molecule has 1 saturated heterocycles. The molecule has 110 valence electrons. The van der Waals surface area contributed by atoms with E-state index in [1.165, 1.54) is 6.26 Å². The van der Waals surface area contributed by atoms with Crippen LogP contribution in [0, 0.1) is 0 Å². The highest BCUT2D eigenvalue weighted by Gasteiger charge is 2.19. The van der Waals surface area contributed by atoms with E-state index in [0.29, 0.717) is 12.3 Å². The molecule has 3 heterocycles. The molecule has 1 aliphatic heterocycles. The van der Waals surface area contributed by atoms with E-state index in [-0.39, 0.29) is 5.56 Å². The molecular formula is C15H17N3O3. The molecule has 0 bridgehead atoms. The molecule has 0 radical (unpaired) electrons. The van der Waals surface area contributed by atoms with Crippen LogP contribution in [0.3, 0.4) is 0 Å². The molecule has 21 heavy (non-hydrogen) atoms. The maximum atomic E-state index is 10.8. The highest BCUT2D eigenvalue weighted by molar-refractivity contribution is 5.87. The minimum Gasteiger partial charge on any atom is -0.478 e. The van der Waals surface area contributed by atoms with E-state index >= 15 is 0 Å². The first kappa shape index (κ1) is 13.6. The molecule has 0 aliphatic carbocycles. The van der Waals surface area contributed by atoms with Crippen molar-refractivity contribution in [2.75, 3.05) is 31.1 Å². The fourth-order valence-electron chi connectivity index (χ4n) is 2.47. The van der Waals surface area contributed by atoms with Crippen molar-refractivity contribution in [3.05, 3.63) is 48.0 Å². The van der Waals surface area contributed by atoms with Crippen molar-refractivity contribution in [1.29, 1.82) is 0 Å². The second-order valence-electron chi connectivity index (χ2n) is 5.06. The average molecular weight is 287 g/mol. The standard InChI is InChI=1S/C15H17N3O3/c19-15(20)12-9-13(21-11-12)10-17-5-7-18(8-6-17)14-3-1-2-4-16-14/h1-4,9,11H,5-8,10H2,(H,19,20). The Morgan fingerprint density at radius 1 is 1.29 bits per heavy atom. The number of aromatic nitrogens is 1. The number of nitrogens with zero attached hydrogens (tertiary/aromatic N) is 3. The lowest BCUT2D eigenvalue weighted by Crippen LogP contribution is -2.46. The molecule has 1 N–H and O–H groups in total. The molecule has 0 unspecified atom stereocenters. The third-order valence-corrected chi connectivity index (χ3v) is 3.63. The number of anilines is 1. The third kappa shape index (κ3) is 3.22. The van der Waals surface area contributed by atoms with E-state index in [1.807, 2.05) is 18.2 Å². The minimum atomic E-state index is -0.954. The number of carbonyl (C=O) groups is 1. The van der Waals surface area contributed by atoms with Crippen molar-refractivity contribution < 1.29 is 14.3 Å². The fraction of sp³-hybridized carbons (Fsp3) is 0.333. The van der Waals surface area contributed by atoms with Crippen molar-refractivity contribution in [2.24, 2.45) is 0 Å². The smallest absolute Gasteiger partial charge is 0.338 e. The number of hydrogen-bond acceptors (Lipinski definition) is 5. The van der Waals surface area contributed by atoms with Crippen LogP contribution in [0.5, 0.6) is 0 Å². The van der Waals surface area contributed by atoms with Crippen LogP contribution in [0.1, 0.15) is 16.1 Å². The highest BCUT2D eigenvalue weighted by Crippen LogP contribution is 2.15. The van der Waals surface area contributed by atoms with E-state index in [2.05, 4.69) is 14.8 Å². The summed E-state index contributed by atoms with van der Waals surface area (Å²) in [6.07, 6.45) is 3.10. The van der Waals surface area contributed by atoms with Gasteiger partial charge in [-0.25, -0.2) is 9.78 Å². The van der Waals surface area contributed by atoms with Gasteiger partial charge in [-0.3, -0.25) is 4.90 Å². The quantitative estimate of drug-likeness (QED) is 0.923. The fourth-order valence-corrected chi connectivity index (χ4v) is 2.47. The van der Waals surface area contributed by atoms with Gasteiger partial charge in [-0.05, 0) is 18.2 Å². The number of pyridine rings is 1. The first-order chi connectivity index (χ1) is 10.2. The summed E-state index contributed by atoms with van der Waals surface area (Å²) in [4.78, 5) is 19.7. The van der Waals surface area contributed by atoms with Crippen molar-refractivity contribution >= 4 is 11.8 Å². The number of carboxylic acid groups (broad SMARTS) is 1. The van der Waals surface area contributed by atoms with Gasteiger partial charge in [-0.15, -0.1) is 0 Å². The van der Waals surface area contributed by atoms with E-state index < -0.39 is 5.97 Å². The number of piperazine rings is 1. The van der Waals surface area contributed by atoms with Crippen molar-refractivity contribution in [2.45, 2.75) is 6.54 Å². The Bertz CT molecular complexity index is 604. The average Bonchev–Trinajstić information content (AvgIpc) is 2.98. The summed E-state index contributed by atoms with van der Waals surface area (Å²) in [5, 5.41) is 8.88. The zero-order valence-corrected chi connectivity index (χ0v) is 11.6. The Labute approximate surface area is 122 Å². The molecular weight excluding hydrogens is 270 g/mol. The summed E-state index contributed by atoms with van der Waals surface area (Å²) in [6.45, 7) is 4.26. The molecule has 3 rings (SSSR count). The molecule has 2 aromatic rings. The predicted molar refractivity (Wildman–Crippen MR) is 77.4 cm³/mol. The van der Waals surface area contributed by atoms with Gasteiger partial charge >= 0.3 is 5.97 Å². The van der Waals surface area contributed by atoms with Crippen LogP contribution in [-0.4, -0.2) is 47.1 Å². The summed E-state index contributed by atoms with van der Waals surface area (Å²) < 4.78 is 5.29. The van der Waals surface area contributed by atoms with Gasteiger partial charge in [0.1, 0.15) is 17.8 Å². The molecule has 1 aliphatic rings. The van der Waals surface area contributed by atoms with Gasteiger partial charge in [0.05, 0.1) is 12.1 Å². The first-order valence-electron chi connectivity index (χ1n) is 6.91. The van der Waals surface area contributed by atoms with Crippen molar-refractivity contribution in [3.63, 3.8) is 0 Å². The first-order valence-corrected chi connectivity index (χ1v) is 6.91. The van der Waals surface area contributed by atoms with Crippen LogP contribution < -0.4 is 4.90 Å². The van der Waals surface area contributed by atoms with Gasteiger partial charge in [-0.1, -0.05) is 6.07 Å². The van der Waals surface area contributed by atoms with Crippen LogP contribution in [0.2, 0.25) is 0 Å². The number of carboxylic acids is 1. The van der Waals surface area contributed by atoms with Crippen LogP contribution in [-0.2, 0) is 6.54 Å². The van der Waals surface area contributed by atoms with Crippen LogP contribution in [0.25, 0.3) is 0 Å². The highest BCUT2D eigenvalue weighted by atomic mass is 16.4. The van der Waals surface area contributed by atoms with E-state index in [0.717, 1.165) is 32.0 Å². The lowest BCUT2D eigenvalue weighted by Gasteiger charge is -2.34. The minimum absolute atomic E-state index is 0.206. The predicted octanol–water partition coefficient (Wildman–Crippen LogP) is 1.70. The second-order valence-corrected chi connectivity index (χ2v) is 5.06. The molecule has 0 spiro atoms. The SMILES string of the molecule is O=C(O)c1coc(CN2CCN(c3ccccn3)CC2)c1. The van der Waals surface area contributed by atoms with Gasteiger partial charge in [-0.2, -0.15) is 0 Å². The largest absolute Gasteiger partial charge is 0.478 e. The van der Waals surface area contributed by atoms with Crippen LogP contribution >= 0.6 is 0 Å². The lowest BCUT2D eigenvalue weighted by molar-refractivity contribution is 0.0696. The van der Waals surface area contributed by atoms with Crippen LogP contribution in [0.4, 0.5) is 5.82 Å². The monoisotopic (exact) mass is 287 g/mol. The molecule has 0 saturated carbocycles. The zero-order chi connectivity index (χ0) is 14.7. The normalized spacial score (nSPS) is 16.1. The molecule has 0 aromatic carbocycles. The topological polar surface area (TPSA) is 69.8 Å². The van der Waals surface area contributed by atoms with Crippen LogP contribution in [0.15, 0.2) is 41.1 Å². The van der Waals surface area contributed by atoms with Gasteiger partial charge in [0.25, 0.3) is 0 Å². The maximum Gasteiger partial charge on any atom is 0.338 e. The maximum absolute atomic E-state index is 10.8. The number of aromatic carboxylic acids is 1. The van der Waals surface area contributed by atoms with Gasteiger partial charge < -0.3 is 14.4 Å². The van der Waals surface area contributed by atoms with Crippen molar-refractivity contribution in [3.8, 4) is 0 Å². The summed E-state index contributed by atoms with van der Waals surface area (Å²) in [7, 11) is 0. The zero-order valence-electron chi connectivity index (χ0n) is 11.6. The number of rotatable bonds is 4. The second kappa shape index (κ2) is 5.97.